The molecular weight excluding hydrogens is 258 g/mol. The molecule has 0 saturated heterocycles. The molecule has 0 aliphatic heterocycles. The fourth-order valence-corrected chi connectivity index (χ4v) is 2.62. The van der Waals surface area contributed by atoms with Gasteiger partial charge < -0.3 is 10.3 Å². The summed E-state index contributed by atoms with van der Waals surface area (Å²) in [5.74, 6) is 2.94. The van der Waals surface area contributed by atoms with Gasteiger partial charge in [0, 0.05) is 12.5 Å². The molecule has 2 rings (SSSR count). The van der Waals surface area contributed by atoms with Crippen molar-refractivity contribution in [1.29, 1.82) is 0 Å². The van der Waals surface area contributed by atoms with Crippen molar-refractivity contribution < 1.29 is 0 Å². The topological polar surface area (TPSA) is 43.8 Å². The molecule has 0 spiro atoms. The zero-order chi connectivity index (χ0) is 15.4. The standard InChI is InChI=1S/C18H27N3/c1-13(2)12-21-17(19)16(20-18(21)14(3)4)11-10-15-8-6-5-7-9-15/h5-9,13-14H,10-12,19H2,1-4H3. The van der Waals surface area contributed by atoms with Crippen LogP contribution in [0.2, 0.25) is 0 Å². The number of aryl methyl sites for hydroxylation is 2. The van der Waals surface area contributed by atoms with Gasteiger partial charge in [-0.1, -0.05) is 58.0 Å². The zero-order valence-electron chi connectivity index (χ0n) is 13.6. The molecule has 3 nitrogen and oxygen atoms in total. The van der Waals surface area contributed by atoms with Crippen molar-refractivity contribution in [3.63, 3.8) is 0 Å². The minimum atomic E-state index is 0.400. The van der Waals surface area contributed by atoms with Gasteiger partial charge in [-0.25, -0.2) is 4.98 Å². The minimum absolute atomic E-state index is 0.400. The summed E-state index contributed by atoms with van der Waals surface area (Å²) in [6.45, 7) is 9.73. The smallest absolute Gasteiger partial charge is 0.126 e. The third-order valence-electron chi connectivity index (χ3n) is 3.67. The summed E-state index contributed by atoms with van der Waals surface area (Å²) < 4.78 is 2.20. The highest BCUT2D eigenvalue weighted by atomic mass is 15.1. The maximum atomic E-state index is 6.35. The van der Waals surface area contributed by atoms with Crippen LogP contribution in [-0.4, -0.2) is 9.55 Å². The predicted octanol–water partition coefficient (Wildman–Crippen LogP) is 4.03. The largest absolute Gasteiger partial charge is 0.384 e. The van der Waals surface area contributed by atoms with Gasteiger partial charge in [-0.2, -0.15) is 0 Å². The number of imidazole rings is 1. The van der Waals surface area contributed by atoms with E-state index < -0.39 is 0 Å². The summed E-state index contributed by atoms with van der Waals surface area (Å²) in [6, 6.07) is 10.5. The van der Waals surface area contributed by atoms with Crippen LogP contribution in [0.5, 0.6) is 0 Å². The van der Waals surface area contributed by atoms with Crippen LogP contribution < -0.4 is 5.73 Å². The predicted molar refractivity (Wildman–Crippen MR) is 89.4 cm³/mol. The lowest BCUT2D eigenvalue weighted by Crippen LogP contribution is -2.12. The molecule has 1 heterocycles. The summed E-state index contributed by atoms with van der Waals surface area (Å²) in [5, 5.41) is 0. The monoisotopic (exact) mass is 285 g/mol. The van der Waals surface area contributed by atoms with Crippen LogP contribution in [0.25, 0.3) is 0 Å². The number of nitrogens with zero attached hydrogens (tertiary/aromatic N) is 2. The Morgan fingerprint density at radius 1 is 1.05 bits per heavy atom. The Balaban J connectivity index is 2.20. The average molecular weight is 285 g/mol. The Labute approximate surface area is 128 Å². The number of nitrogen functional groups attached to an aromatic ring is 1. The lowest BCUT2D eigenvalue weighted by molar-refractivity contribution is 0.502. The summed E-state index contributed by atoms with van der Waals surface area (Å²) in [5.41, 5.74) is 8.73. The van der Waals surface area contributed by atoms with Crippen LogP contribution in [0.1, 0.15) is 50.7 Å². The normalized spacial score (nSPS) is 11.5. The molecule has 0 unspecified atom stereocenters. The minimum Gasteiger partial charge on any atom is -0.384 e. The Morgan fingerprint density at radius 2 is 1.71 bits per heavy atom. The van der Waals surface area contributed by atoms with Crippen molar-refractivity contribution in [2.45, 2.75) is 53.0 Å². The van der Waals surface area contributed by atoms with E-state index in [0.717, 1.165) is 36.7 Å². The molecule has 2 aromatic rings. The Kier molecular flexibility index (Phi) is 5.05. The van der Waals surface area contributed by atoms with Gasteiger partial charge in [-0.05, 0) is 24.3 Å². The first kappa shape index (κ1) is 15.6. The first-order chi connectivity index (χ1) is 9.99. The molecule has 0 radical (unpaired) electrons. The number of anilines is 1. The van der Waals surface area contributed by atoms with Crippen LogP contribution in [0.15, 0.2) is 30.3 Å². The first-order valence-corrected chi connectivity index (χ1v) is 7.87. The second kappa shape index (κ2) is 6.79. The summed E-state index contributed by atoms with van der Waals surface area (Å²) in [6.07, 6.45) is 1.89. The van der Waals surface area contributed by atoms with E-state index in [1.165, 1.54) is 5.56 Å². The summed E-state index contributed by atoms with van der Waals surface area (Å²) in [7, 11) is 0. The van der Waals surface area contributed by atoms with E-state index in [9.17, 15) is 0 Å². The second-order valence-corrected chi connectivity index (χ2v) is 6.45. The molecule has 0 aliphatic rings. The maximum absolute atomic E-state index is 6.35. The highest BCUT2D eigenvalue weighted by Gasteiger charge is 2.17. The number of benzene rings is 1. The lowest BCUT2D eigenvalue weighted by atomic mass is 10.1. The third kappa shape index (κ3) is 3.87. The fraction of sp³-hybridized carbons (Fsp3) is 0.500. The van der Waals surface area contributed by atoms with Gasteiger partial charge in [0.1, 0.15) is 11.6 Å². The van der Waals surface area contributed by atoms with Gasteiger partial charge in [-0.15, -0.1) is 0 Å². The molecule has 114 valence electrons. The van der Waals surface area contributed by atoms with Crippen LogP contribution in [0.4, 0.5) is 5.82 Å². The molecule has 0 fully saturated rings. The van der Waals surface area contributed by atoms with Gasteiger partial charge in [0.25, 0.3) is 0 Å². The third-order valence-corrected chi connectivity index (χ3v) is 3.67. The Hall–Kier alpha value is -1.77. The van der Waals surface area contributed by atoms with E-state index in [-0.39, 0.29) is 0 Å². The number of rotatable bonds is 6. The molecule has 0 aliphatic carbocycles. The van der Waals surface area contributed by atoms with Gasteiger partial charge >= 0.3 is 0 Å². The SMILES string of the molecule is CC(C)Cn1c(C(C)C)nc(CCc2ccccc2)c1N. The molecule has 0 bridgehead atoms. The Bertz CT molecular complexity index is 568. The van der Waals surface area contributed by atoms with E-state index in [2.05, 4.69) is 56.5 Å². The molecule has 1 aromatic heterocycles. The number of nitrogens with two attached hydrogens (primary N) is 1. The van der Waals surface area contributed by atoms with Gasteiger partial charge in [0.2, 0.25) is 0 Å². The van der Waals surface area contributed by atoms with Crippen LogP contribution in [0, 0.1) is 5.92 Å². The van der Waals surface area contributed by atoms with Gasteiger partial charge in [0.05, 0.1) is 5.69 Å². The molecule has 3 heteroatoms. The van der Waals surface area contributed by atoms with Crippen LogP contribution >= 0.6 is 0 Å². The molecule has 0 amide bonds. The molecule has 0 atom stereocenters. The molecule has 2 N–H and O–H groups in total. The Morgan fingerprint density at radius 3 is 2.29 bits per heavy atom. The first-order valence-electron chi connectivity index (χ1n) is 7.87. The van der Waals surface area contributed by atoms with E-state index in [4.69, 9.17) is 10.7 Å². The molecule has 0 saturated carbocycles. The van der Waals surface area contributed by atoms with Crippen molar-refractivity contribution in [1.82, 2.24) is 9.55 Å². The molecular formula is C18H27N3. The lowest BCUT2D eigenvalue weighted by Gasteiger charge is -2.14. The molecule has 1 aromatic carbocycles. The highest BCUT2D eigenvalue weighted by Crippen LogP contribution is 2.23. The van der Waals surface area contributed by atoms with Crippen molar-refractivity contribution >= 4 is 5.82 Å². The van der Waals surface area contributed by atoms with E-state index in [1.54, 1.807) is 0 Å². The van der Waals surface area contributed by atoms with Crippen molar-refractivity contribution in [3.05, 3.63) is 47.4 Å². The highest BCUT2D eigenvalue weighted by molar-refractivity contribution is 5.39. The quantitative estimate of drug-likeness (QED) is 0.871. The summed E-state index contributed by atoms with van der Waals surface area (Å²) >= 11 is 0. The van der Waals surface area contributed by atoms with Crippen LogP contribution in [-0.2, 0) is 19.4 Å². The number of hydrogen-bond acceptors (Lipinski definition) is 2. The average Bonchev–Trinajstić information content (AvgIpc) is 2.75. The van der Waals surface area contributed by atoms with E-state index in [0.29, 0.717) is 11.8 Å². The number of aromatic nitrogens is 2. The van der Waals surface area contributed by atoms with Crippen molar-refractivity contribution in [2.24, 2.45) is 5.92 Å². The van der Waals surface area contributed by atoms with E-state index >= 15 is 0 Å². The second-order valence-electron chi connectivity index (χ2n) is 6.45. The van der Waals surface area contributed by atoms with E-state index in [1.807, 2.05) is 6.07 Å². The van der Waals surface area contributed by atoms with Crippen LogP contribution in [0.3, 0.4) is 0 Å². The molecule has 21 heavy (non-hydrogen) atoms. The number of hydrogen-bond donors (Lipinski definition) is 1. The van der Waals surface area contributed by atoms with Crippen molar-refractivity contribution in [2.75, 3.05) is 5.73 Å². The van der Waals surface area contributed by atoms with Crippen molar-refractivity contribution in [3.8, 4) is 0 Å². The fourth-order valence-electron chi connectivity index (χ4n) is 2.62. The van der Waals surface area contributed by atoms with Gasteiger partial charge in [-0.3, -0.25) is 0 Å². The summed E-state index contributed by atoms with van der Waals surface area (Å²) in [4.78, 5) is 4.82. The maximum Gasteiger partial charge on any atom is 0.126 e. The van der Waals surface area contributed by atoms with Gasteiger partial charge in [0.15, 0.2) is 0 Å². The zero-order valence-corrected chi connectivity index (χ0v) is 13.6.